The van der Waals surface area contributed by atoms with Gasteiger partial charge in [-0.15, -0.1) is 0 Å². The van der Waals surface area contributed by atoms with Crippen molar-refractivity contribution in [2.45, 2.75) is 25.4 Å². The van der Waals surface area contributed by atoms with Gasteiger partial charge in [-0.25, -0.2) is 8.42 Å². The summed E-state index contributed by atoms with van der Waals surface area (Å²) < 4.78 is 30.6. The Balaban J connectivity index is 1.97. The van der Waals surface area contributed by atoms with E-state index in [9.17, 15) is 13.2 Å². The predicted molar refractivity (Wildman–Crippen MR) is 95.3 cm³/mol. The van der Waals surface area contributed by atoms with Gasteiger partial charge in [0.25, 0.3) is 0 Å². The van der Waals surface area contributed by atoms with E-state index in [-0.39, 0.29) is 30.0 Å². The van der Waals surface area contributed by atoms with Crippen molar-refractivity contribution in [3.63, 3.8) is 0 Å². The Morgan fingerprint density at radius 1 is 1.42 bits per heavy atom. The number of sulfonamides is 1. The summed E-state index contributed by atoms with van der Waals surface area (Å²) in [5.41, 5.74) is 0.301. The highest BCUT2D eigenvalue weighted by Crippen LogP contribution is 2.30. The minimum Gasteiger partial charge on any atom is -0.376 e. The Kier molecular flexibility index (Phi) is 6.74. The Hall–Kier alpha value is -1.02. The topological polar surface area (TPSA) is 75.7 Å². The van der Waals surface area contributed by atoms with E-state index < -0.39 is 10.0 Å². The Bertz CT molecular complexity index is 691. The number of benzene rings is 1. The second kappa shape index (κ2) is 8.38. The number of hydrogen-bond acceptors (Lipinski definition) is 4. The van der Waals surface area contributed by atoms with Crippen LogP contribution in [0.15, 0.2) is 18.2 Å². The molecule has 1 aromatic carbocycles. The quantitative estimate of drug-likeness (QED) is 0.770. The summed E-state index contributed by atoms with van der Waals surface area (Å²) in [6.45, 7) is 1.16. The molecule has 1 saturated heterocycles. The molecule has 1 fully saturated rings. The normalized spacial score (nSPS) is 17.7. The van der Waals surface area contributed by atoms with E-state index in [0.29, 0.717) is 17.3 Å². The third kappa shape index (κ3) is 5.51. The van der Waals surface area contributed by atoms with E-state index in [2.05, 4.69) is 5.32 Å². The largest absolute Gasteiger partial charge is 0.376 e. The summed E-state index contributed by atoms with van der Waals surface area (Å²) in [6.07, 6.45) is 3.07. The first-order chi connectivity index (χ1) is 11.3. The number of hydrogen-bond donors (Lipinski definition) is 1. The molecule has 0 aromatic heterocycles. The maximum atomic E-state index is 12.0. The van der Waals surface area contributed by atoms with Crippen LogP contribution in [0.25, 0.3) is 0 Å². The van der Waals surface area contributed by atoms with Crippen LogP contribution in [-0.2, 0) is 19.6 Å². The predicted octanol–water partition coefficient (Wildman–Crippen LogP) is 2.44. The van der Waals surface area contributed by atoms with Crippen molar-refractivity contribution < 1.29 is 17.9 Å². The first-order valence-electron chi connectivity index (χ1n) is 7.58. The molecule has 1 heterocycles. The first kappa shape index (κ1) is 19.3. The molecule has 0 bridgehead atoms. The molecule has 1 aromatic rings. The second-order valence-electron chi connectivity index (χ2n) is 5.62. The van der Waals surface area contributed by atoms with Gasteiger partial charge < -0.3 is 10.1 Å². The molecular weight excluding hydrogens is 375 g/mol. The Labute approximate surface area is 152 Å². The minimum absolute atomic E-state index is 0.00244. The minimum atomic E-state index is -3.58. The van der Waals surface area contributed by atoms with Crippen LogP contribution in [-0.4, -0.2) is 46.4 Å². The first-order valence-corrected chi connectivity index (χ1v) is 10.2. The van der Waals surface area contributed by atoms with Crippen molar-refractivity contribution in [2.24, 2.45) is 0 Å². The molecule has 9 heteroatoms. The molecular formula is C15H20Cl2N2O4S. The van der Waals surface area contributed by atoms with Crippen LogP contribution in [0.3, 0.4) is 0 Å². The monoisotopic (exact) mass is 394 g/mol. The zero-order valence-electron chi connectivity index (χ0n) is 13.3. The maximum Gasteiger partial charge on any atom is 0.232 e. The van der Waals surface area contributed by atoms with Gasteiger partial charge in [-0.2, -0.15) is 0 Å². The number of amides is 1. The standard InChI is InChI=1S/C15H20Cl2N2O4S/c1-24(21,22)19(14-5-4-11(16)9-13(14)17)7-6-15(20)18-10-12-3-2-8-23-12/h4-5,9,12H,2-3,6-8,10H2,1H3,(H,18,20). The van der Waals surface area contributed by atoms with Crippen LogP contribution in [0.4, 0.5) is 5.69 Å². The summed E-state index contributed by atoms with van der Waals surface area (Å²) in [5, 5.41) is 3.39. The number of rotatable bonds is 7. The lowest BCUT2D eigenvalue weighted by molar-refractivity contribution is -0.121. The van der Waals surface area contributed by atoms with E-state index in [1.807, 2.05) is 0 Å². The third-order valence-corrected chi connectivity index (χ3v) is 5.39. The number of carbonyl (C=O) groups excluding carboxylic acids is 1. The molecule has 1 atom stereocenters. The van der Waals surface area contributed by atoms with Crippen LogP contribution in [0.5, 0.6) is 0 Å². The van der Waals surface area contributed by atoms with Crippen LogP contribution in [0.1, 0.15) is 19.3 Å². The number of ether oxygens (including phenoxy) is 1. The summed E-state index contributed by atoms with van der Waals surface area (Å²) >= 11 is 11.9. The lowest BCUT2D eigenvalue weighted by Gasteiger charge is -2.23. The molecule has 1 unspecified atom stereocenters. The van der Waals surface area contributed by atoms with Crippen LogP contribution >= 0.6 is 23.2 Å². The van der Waals surface area contributed by atoms with Gasteiger partial charge in [0, 0.05) is 31.1 Å². The fourth-order valence-corrected chi connectivity index (χ4v) is 3.97. The molecule has 2 rings (SSSR count). The molecule has 134 valence electrons. The average Bonchev–Trinajstić information content (AvgIpc) is 2.99. The summed E-state index contributed by atoms with van der Waals surface area (Å²) in [7, 11) is -3.58. The Morgan fingerprint density at radius 2 is 2.17 bits per heavy atom. The van der Waals surface area contributed by atoms with Crippen molar-refractivity contribution >= 4 is 44.8 Å². The number of halogens is 2. The Morgan fingerprint density at radius 3 is 2.75 bits per heavy atom. The molecule has 1 amide bonds. The van der Waals surface area contributed by atoms with Crippen LogP contribution in [0.2, 0.25) is 10.0 Å². The highest BCUT2D eigenvalue weighted by molar-refractivity contribution is 7.92. The van der Waals surface area contributed by atoms with Crippen molar-refractivity contribution in [1.29, 1.82) is 0 Å². The lowest BCUT2D eigenvalue weighted by Crippen LogP contribution is -2.37. The molecule has 6 nitrogen and oxygen atoms in total. The molecule has 0 aliphatic carbocycles. The number of nitrogens with one attached hydrogen (secondary N) is 1. The highest BCUT2D eigenvalue weighted by Gasteiger charge is 2.22. The number of carbonyl (C=O) groups is 1. The molecule has 24 heavy (non-hydrogen) atoms. The van der Waals surface area contributed by atoms with Crippen molar-refractivity contribution in [1.82, 2.24) is 5.32 Å². The fourth-order valence-electron chi connectivity index (χ4n) is 2.47. The summed E-state index contributed by atoms with van der Waals surface area (Å²) in [5.74, 6) is -0.232. The maximum absolute atomic E-state index is 12.0. The second-order valence-corrected chi connectivity index (χ2v) is 8.37. The molecule has 1 N–H and O–H groups in total. The lowest BCUT2D eigenvalue weighted by atomic mass is 10.2. The van der Waals surface area contributed by atoms with E-state index in [0.717, 1.165) is 30.0 Å². The van der Waals surface area contributed by atoms with Gasteiger partial charge in [-0.05, 0) is 31.0 Å². The van der Waals surface area contributed by atoms with Gasteiger partial charge in [0.2, 0.25) is 15.9 Å². The molecule has 0 radical (unpaired) electrons. The SMILES string of the molecule is CS(=O)(=O)N(CCC(=O)NCC1CCCO1)c1ccc(Cl)cc1Cl. The van der Waals surface area contributed by atoms with E-state index in [1.54, 1.807) is 6.07 Å². The zero-order chi connectivity index (χ0) is 17.7. The van der Waals surface area contributed by atoms with Crippen molar-refractivity contribution in [3.05, 3.63) is 28.2 Å². The van der Waals surface area contributed by atoms with Gasteiger partial charge in [0.1, 0.15) is 0 Å². The average molecular weight is 395 g/mol. The highest BCUT2D eigenvalue weighted by atomic mass is 35.5. The van der Waals surface area contributed by atoms with E-state index in [1.165, 1.54) is 12.1 Å². The van der Waals surface area contributed by atoms with Crippen LogP contribution < -0.4 is 9.62 Å². The van der Waals surface area contributed by atoms with E-state index >= 15 is 0 Å². The molecule has 0 saturated carbocycles. The van der Waals surface area contributed by atoms with Gasteiger partial charge in [-0.3, -0.25) is 9.10 Å². The van der Waals surface area contributed by atoms with Gasteiger partial charge in [0.05, 0.1) is 23.1 Å². The number of anilines is 1. The van der Waals surface area contributed by atoms with Crippen molar-refractivity contribution in [2.75, 3.05) is 30.3 Å². The number of nitrogens with zero attached hydrogens (tertiary/aromatic N) is 1. The fraction of sp³-hybridized carbons (Fsp3) is 0.533. The molecule has 1 aliphatic rings. The zero-order valence-corrected chi connectivity index (χ0v) is 15.6. The van der Waals surface area contributed by atoms with Gasteiger partial charge in [0.15, 0.2) is 0 Å². The molecule has 0 spiro atoms. The third-order valence-electron chi connectivity index (χ3n) is 3.67. The smallest absolute Gasteiger partial charge is 0.232 e. The van der Waals surface area contributed by atoms with E-state index in [4.69, 9.17) is 27.9 Å². The van der Waals surface area contributed by atoms with Crippen molar-refractivity contribution in [3.8, 4) is 0 Å². The van der Waals surface area contributed by atoms with Gasteiger partial charge >= 0.3 is 0 Å². The molecule has 1 aliphatic heterocycles. The summed E-state index contributed by atoms with van der Waals surface area (Å²) in [6, 6.07) is 4.54. The van der Waals surface area contributed by atoms with Gasteiger partial charge in [-0.1, -0.05) is 23.2 Å². The van der Waals surface area contributed by atoms with Crippen LogP contribution in [0, 0.1) is 0 Å². The summed E-state index contributed by atoms with van der Waals surface area (Å²) in [4.78, 5) is 12.0.